The highest BCUT2D eigenvalue weighted by Crippen LogP contribution is 2.41. The predicted octanol–water partition coefficient (Wildman–Crippen LogP) is 3.57. The van der Waals surface area contributed by atoms with E-state index >= 15 is 0 Å². The maximum Gasteiger partial charge on any atom is 0.163 e. The SMILES string of the molecule is CNC(c1cccc(F)c1F)C1(OC)CCCCC1. The zero-order valence-corrected chi connectivity index (χ0v) is 11.5. The maximum atomic E-state index is 14.0. The second kappa shape index (κ2) is 5.97. The summed E-state index contributed by atoms with van der Waals surface area (Å²) in [5.74, 6) is -1.58. The summed E-state index contributed by atoms with van der Waals surface area (Å²) < 4.78 is 33.2. The molecule has 0 radical (unpaired) electrons. The molecule has 1 aromatic carbocycles. The molecule has 1 aliphatic rings. The van der Waals surface area contributed by atoms with Crippen molar-refractivity contribution in [1.29, 1.82) is 0 Å². The van der Waals surface area contributed by atoms with E-state index in [2.05, 4.69) is 5.32 Å². The zero-order chi connectivity index (χ0) is 13.9. The molecule has 1 aromatic rings. The van der Waals surface area contributed by atoms with Crippen LogP contribution in [-0.2, 0) is 4.74 Å². The molecule has 2 nitrogen and oxygen atoms in total. The molecule has 106 valence electrons. The standard InChI is InChI=1S/C15H21F2NO/c1-18-14(11-7-6-8-12(16)13(11)17)15(19-2)9-4-3-5-10-15/h6-8,14,18H,3-5,9-10H2,1-2H3. The normalized spacial score (nSPS) is 20.2. The van der Waals surface area contributed by atoms with E-state index < -0.39 is 17.2 Å². The fraction of sp³-hybridized carbons (Fsp3) is 0.600. The fourth-order valence-corrected chi connectivity index (χ4v) is 3.21. The van der Waals surface area contributed by atoms with Crippen LogP contribution in [0.3, 0.4) is 0 Å². The van der Waals surface area contributed by atoms with E-state index in [0.717, 1.165) is 31.7 Å². The molecule has 19 heavy (non-hydrogen) atoms. The van der Waals surface area contributed by atoms with E-state index in [1.54, 1.807) is 26.3 Å². The van der Waals surface area contributed by atoms with Crippen molar-refractivity contribution in [3.8, 4) is 0 Å². The first kappa shape index (κ1) is 14.4. The predicted molar refractivity (Wildman–Crippen MR) is 71.0 cm³/mol. The van der Waals surface area contributed by atoms with Gasteiger partial charge in [0.2, 0.25) is 0 Å². The molecule has 1 atom stereocenters. The lowest BCUT2D eigenvalue weighted by molar-refractivity contribution is -0.0679. The van der Waals surface area contributed by atoms with Crippen LogP contribution in [-0.4, -0.2) is 19.8 Å². The number of rotatable bonds is 4. The van der Waals surface area contributed by atoms with Crippen LogP contribution in [0.15, 0.2) is 18.2 Å². The number of hydrogen-bond acceptors (Lipinski definition) is 2. The Morgan fingerprint density at radius 2 is 1.89 bits per heavy atom. The second-order valence-corrected chi connectivity index (χ2v) is 5.19. The summed E-state index contributed by atoms with van der Waals surface area (Å²) in [6.07, 6.45) is 5.02. The van der Waals surface area contributed by atoms with E-state index in [4.69, 9.17) is 4.74 Å². The summed E-state index contributed by atoms with van der Waals surface area (Å²) in [5.41, 5.74) is -0.0898. The van der Waals surface area contributed by atoms with Crippen molar-refractivity contribution in [2.75, 3.05) is 14.2 Å². The largest absolute Gasteiger partial charge is 0.376 e. The molecular weight excluding hydrogens is 248 g/mol. The van der Waals surface area contributed by atoms with Crippen LogP contribution in [0, 0.1) is 11.6 Å². The number of halogens is 2. The number of likely N-dealkylation sites (N-methyl/N-ethyl adjacent to an activating group) is 1. The van der Waals surface area contributed by atoms with Gasteiger partial charge in [0.05, 0.1) is 11.6 Å². The summed E-state index contributed by atoms with van der Waals surface area (Å²) in [4.78, 5) is 0. The topological polar surface area (TPSA) is 21.3 Å². The van der Waals surface area contributed by atoms with Gasteiger partial charge in [-0.25, -0.2) is 8.78 Å². The van der Waals surface area contributed by atoms with Crippen LogP contribution in [0.4, 0.5) is 8.78 Å². The highest BCUT2D eigenvalue weighted by atomic mass is 19.2. The van der Waals surface area contributed by atoms with E-state index in [0.29, 0.717) is 5.56 Å². The zero-order valence-electron chi connectivity index (χ0n) is 11.5. The third-order valence-electron chi connectivity index (χ3n) is 4.21. The van der Waals surface area contributed by atoms with Gasteiger partial charge in [-0.1, -0.05) is 31.4 Å². The highest BCUT2D eigenvalue weighted by Gasteiger charge is 2.41. The Bertz CT molecular complexity index is 430. The highest BCUT2D eigenvalue weighted by molar-refractivity contribution is 5.26. The minimum Gasteiger partial charge on any atom is -0.376 e. The van der Waals surface area contributed by atoms with Gasteiger partial charge in [-0.15, -0.1) is 0 Å². The monoisotopic (exact) mass is 269 g/mol. The van der Waals surface area contributed by atoms with Crippen molar-refractivity contribution in [2.24, 2.45) is 0 Å². The van der Waals surface area contributed by atoms with Crippen LogP contribution >= 0.6 is 0 Å². The molecule has 0 aliphatic heterocycles. The minimum atomic E-state index is -0.806. The average Bonchev–Trinajstić information content (AvgIpc) is 2.45. The molecule has 1 unspecified atom stereocenters. The van der Waals surface area contributed by atoms with Crippen molar-refractivity contribution < 1.29 is 13.5 Å². The lowest BCUT2D eigenvalue weighted by atomic mass is 9.76. The van der Waals surface area contributed by atoms with Crippen LogP contribution in [0.5, 0.6) is 0 Å². The van der Waals surface area contributed by atoms with Gasteiger partial charge in [0.15, 0.2) is 11.6 Å². The quantitative estimate of drug-likeness (QED) is 0.902. The number of nitrogens with one attached hydrogen (secondary N) is 1. The summed E-state index contributed by atoms with van der Waals surface area (Å²) in [5, 5.41) is 3.12. The van der Waals surface area contributed by atoms with Crippen molar-refractivity contribution >= 4 is 0 Å². The van der Waals surface area contributed by atoms with Crippen LogP contribution in [0.2, 0.25) is 0 Å². The number of hydrogen-bond donors (Lipinski definition) is 1. The number of ether oxygens (including phenoxy) is 1. The Morgan fingerprint density at radius 3 is 2.47 bits per heavy atom. The summed E-state index contributed by atoms with van der Waals surface area (Å²) >= 11 is 0. The molecule has 1 aliphatic carbocycles. The number of methoxy groups -OCH3 is 1. The van der Waals surface area contributed by atoms with E-state index in [1.165, 1.54) is 6.42 Å². The molecule has 1 fully saturated rings. The lowest BCUT2D eigenvalue weighted by Crippen LogP contribution is -2.46. The van der Waals surface area contributed by atoms with Gasteiger partial charge in [0, 0.05) is 12.7 Å². The summed E-state index contributed by atoms with van der Waals surface area (Å²) in [7, 11) is 3.43. The first-order valence-corrected chi connectivity index (χ1v) is 6.81. The molecule has 0 heterocycles. The molecule has 0 amide bonds. The van der Waals surface area contributed by atoms with Crippen molar-refractivity contribution in [3.05, 3.63) is 35.4 Å². The van der Waals surface area contributed by atoms with Gasteiger partial charge < -0.3 is 10.1 Å². The van der Waals surface area contributed by atoms with Crippen molar-refractivity contribution in [3.63, 3.8) is 0 Å². The molecule has 1 N–H and O–H groups in total. The van der Waals surface area contributed by atoms with E-state index in [1.807, 2.05) is 0 Å². The Balaban J connectivity index is 2.40. The molecule has 4 heteroatoms. The summed E-state index contributed by atoms with van der Waals surface area (Å²) in [6, 6.07) is 4.00. The van der Waals surface area contributed by atoms with Crippen LogP contribution in [0.1, 0.15) is 43.7 Å². The molecule has 0 bridgehead atoms. The Labute approximate surface area is 113 Å². The van der Waals surface area contributed by atoms with Gasteiger partial charge >= 0.3 is 0 Å². The molecule has 0 saturated heterocycles. The van der Waals surface area contributed by atoms with Crippen molar-refractivity contribution in [2.45, 2.75) is 43.7 Å². The fourth-order valence-electron chi connectivity index (χ4n) is 3.21. The van der Waals surface area contributed by atoms with Gasteiger partial charge in [0.25, 0.3) is 0 Å². The third kappa shape index (κ3) is 2.65. The molecule has 0 aromatic heterocycles. The Hall–Kier alpha value is -1.00. The van der Waals surface area contributed by atoms with Gasteiger partial charge in [-0.05, 0) is 26.0 Å². The summed E-state index contributed by atoms with van der Waals surface area (Å²) in [6.45, 7) is 0. The Morgan fingerprint density at radius 1 is 1.21 bits per heavy atom. The minimum absolute atomic E-state index is 0.325. The first-order valence-electron chi connectivity index (χ1n) is 6.81. The molecular formula is C15H21F2NO. The van der Waals surface area contributed by atoms with Crippen LogP contribution < -0.4 is 5.32 Å². The van der Waals surface area contributed by atoms with Gasteiger partial charge in [-0.2, -0.15) is 0 Å². The van der Waals surface area contributed by atoms with E-state index in [9.17, 15) is 8.78 Å². The third-order valence-corrected chi connectivity index (χ3v) is 4.21. The second-order valence-electron chi connectivity index (χ2n) is 5.19. The lowest BCUT2D eigenvalue weighted by Gasteiger charge is -2.42. The molecule has 1 saturated carbocycles. The molecule has 0 spiro atoms. The first-order chi connectivity index (χ1) is 9.14. The van der Waals surface area contributed by atoms with E-state index in [-0.39, 0.29) is 6.04 Å². The Kier molecular flexibility index (Phi) is 4.53. The molecule has 2 rings (SSSR count). The van der Waals surface area contributed by atoms with Crippen molar-refractivity contribution in [1.82, 2.24) is 5.32 Å². The van der Waals surface area contributed by atoms with Gasteiger partial charge in [-0.3, -0.25) is 0 Å². The smallest absolute Gasteiger partial charge is 0.163 e. The van der Waals surface area contributed by atoms with Gasteiger partial charge in [0.1, 0.15) is 0 Å². The number of benzene rings is 1. The van der Waals surface area contributed by atoms with Crippen LogP contribution in [0.25, 0.3) is 0 Å². The average molecular weight is 269 g/mol. The maximum absolute atomic E-state index is 14.0.